The van der Waals surface area contributed by atoms with E-state index in [0.717, 1.165) is 6.26 Å². The summed E-state index contributed by atoms with van der Waals surface area (Å²) in [6, 6.07) is 8.18. The van der Waals surface area contributed by atoms with Crippen molar-refractivity contribution in [3.63, 3.8) is 0 Å². The molecule has 0 spiro atoms. The van der Waals surface area contributed by atoms with Gasteiger partial charge >= 0.3 is 0 Å². The molecule has 3 aromatic rings. The molecule has 0 aliphatic heterocycles. The van der Waals surface area contributed by atoms with Gasteiger partial charge in [0.2, 0.25) is 5.91 Å². The molecule has 2 amide bonds. The fourth-order valence-corrected chi connectivity index (χ4v) is 3.82. The van der Waals surface area contributed by atoms with Crippen LogP contribution in [0.15, 0.2) is 47.8 Å². The monoisotopic (exact) mass is 521 g/mol. The molecule has 2 N–H and O–H groups in total. The summed E-state index contributed by atoms with van der Waals surface area (Å²) in [4.78, 5) is 32.6. The fraction of sp³-hybridized carbons (Fsp3) is 0.200. The van der Waals surface area contributed by atoms with Gasteiger partial charge in [0.25, 0.3) is 5.91 Å². The Labute approximate surface area is 207 Å². The summed E-state index contributed by atoms with van der Waals surface area (Å²) in [5, 5.41) is 18.1. The number of sulfone groups is 1. The molecule has 11 nitrogen and oxygen atoms in total. The SMILES string of the molecule is C[C@@H](NC(=O)c1cc(Cl)cc(S(C)(=O)=O)c1)c1ncnn1-c1ccc(NC(=O)CC#N)cn1.S. The number of nitriles is 1. The van der Waals surface area contributed by atoms with Crippen LogP contribution >= 0.6 is 25.1 Å². The zero-order valence-corrected chi connectivity index (χ0v) is 20.6. The van der Waals surface area contributed by atoms with Crippen molar-refractivity contribution in [1.29, 1.82) is 5.26 Å². The maximum Gasteiger partial charge on any atom is 0.251 e. The van der Waals surface area contributed by atoms with E-state index >= 15 is 0 Å². The molecule has 1 aromatic carbocycles. The van der Waals surface area contributed by atoms with Crippen LogP contribution in [0.3, 0.4) is 0 Å². The van der Waals surface area contributed by atoms with Crippen LogP contribution in [0, 0.1) is 11.3 Å². The van der Waals surface area contributed by atoms with Crippen LogP contribution in [0.25, 0.3) is 5.82 Å². The lowest BCUT2D eigenvalue weighted by molar-refractivity contribution is -0.115. The summed E-state index contributed by atoms with van der Waals surface area (Å²) in [5.41, 5.74) is 0.487. The summed E-state index contributed by atoms with van der Waals surface area (Å²) >= 11 is 5.98. The Bertz CT molecular complexity index is 1350. The minimum atomic E-state index is -3.55. The average molecular weight is 522 g/mol. The van der Waals surface area contributed by atoms with Gasteiger partial charge in [-0.25, -0.2) is 18.4 Å². The summed E-state index contributed by atoms with van der Waals surface area (Å²) < 4.78 is 25.1. The molecule has 0 radical (unpaired) electrons. The molecule has 34 heavy (non-hydrogen) atoms. The molecule has 2 heterocycles. The first-order chi connectivity index (χ1) is 15.6. The van der Waals surface area contributed by atoms with Crippen LogP contribution < -0.4 is 10.6 Å². The molecule has 2 aromatic heterocycles. The van der Waals surface area contributed by atoms with Crippen molar-refractivity contribution in [3.05, 3.63) is 59.3 Å². The van der Waals surface area contributed by atoms with Gasteiger partial charge < -0.3 is 10.6 Å². The average Bonchev–Trinajstić information content (AvgIpc) is 3.23. The number of pyridine rings is 1. The van der Waals surface area contributed by atoms with Crippen LogP contribution in [-0.4, -0.2) is 46.2 Å². The second kappa shape index (κ2) is 11.1. The third-order valence-corrected chi connectivity index (χ3v) is 5.67. The Morgan fingerprint density at radius 2 is 1.97 bits per heavy atom. The molecule has 14 heteroatoms. The maximum absolute atomic E-state index is 12.7. The third-order valence-electron chi connectivity index (χ3n) is 4.36. The van der Waals surface area contributed by atoms with Crippen LogP contribution in [0.5, 0.6) is 0 Å². The lowest BCUT2D eigenvalue weighted by atomic mass is 10.2. The highest BCUT2D eigenvalue weighted by Gasteiger charge is 2.20. The Kier molecular flexibility index (Phi) is 8.74. The van der Waals surface area contributed by atoms with E-state index in [9.17, 15) is 18.0 Å². The van der Waals surface area contributed by atoms with E-state index < -0.39 is 27.7 Å². The molecule has 0 unspecified atom stereocenters. The number of nitrogens with zero attached hydrogens (tertiary/aromatic N) is 5. The molecule has 0 aliphatic carbocycles. The van der Waals surface area contributed by atoms with E-state index in [2.05, 4.69) is 25.7 Å². The number of amides is 2. The number of aromatic nitrogens is 4. The highest BCUT2D eigenvalue weighted by molar-refractivity contribution is 7.90. The van der Waals surface area contributed by atoms with Crippen molar-refractivity contribution in [2.24, 2.45) is 0 Å². The number of nitrogens with one attached hydrogen (secondary N) is 2. The highest BCUT2D eigenvalue weighted by atomic mass is 35.5. The fourth-order valence-electron chi connectivity index (χ4n) is 2.84. The highest BCUT2D eigenvalue weighted by Crippen LogP contribution is 2.21. The molecule has 178 valence electrons. The van der Waals surface area contributed by atoms with E-state index in [1.165, 1.54) is 35.4 Å². The van der Waals surface area contributed by atoms with E-state index in [1.54, 1.807) is 25.1 Å². The molecular weight excluding hydrogens is 502 g/mol. The summed E-state index contributed by atoms with van der Waals surface area (Å²) in [6.45, 7) is 1.68. The van der Waals surface area contributed by atoms with Crippen LogP contribution in [0.1, 0.15) is 35.6 Å². The van der Waals surface area contributed by atoms with Crippen molar-refractivity contribution < 1.29 is 18.0 Å². The zero-order chi connectivity index (χ0) is 24.2. The maximum atomic E-state index is 12.7. The van der Waals surface area contributed by atoms with Crippen molar-refractivity contribution in [2.45, 2.75) is 24.3 Å². The minimum Gasteiger partial charge on any atom is -0.342 e. The van der Waals surface area contributed by atoms with Crippen LogP contribution in [0.2, 0.25) is 5.02 Å². The van der Waals surface area contributed by atoms with E-state index in [-0.39, 0.29) is 35.4 Å². The zero-order valence-electron chi connectivity index (χ0n) is 18.0. The molecule has 1 atom stereocenters. The molecule has 0 bridgehead atoms. The lowest BCUT2D eigenvalue weighted by Crippen LogP contribution is -2.29. The van der Waals surface area contributed by atoms with Gasteiger partial charge in [-0.2, -0.15) is 28.5 Å². The topological polar surface area (TPSA) is 160 Å². The number of hydrogen-bond acceptors (Lipinski definition) is 8. The molecule has 0 saturated heterocycles. The summed E-state index contributed by atoms with van der Waals surface area (Å²) in [7, 11) is -3.55. The lowest BCUT2D eigenvalue weighted by Gasteiger charge is -2.15. The number of benzene rings is 1. The van der Waals surface area contributed by atoms with E-state index in [1.807, 2.05) is 0 Å². The Hall–Kier alpha value is -3.47. The first-order valence-electron chi connectivity index (χ1n) is 9.43. The van der Waals surface area contributed by atoms with Gasteiger partial charge in [-0.1, -0.05) is 11.6 Å². The Balaban J connectivity index is 0.00000408. The standard InChI is InChI=1S/C20H18ClN7O4S.H2S/c1-12(26-20(30)13-7-14(21)9-16(8-13)33(2,31)32)19-24-11-25-28(19)17-4-3-15(10-23-17)27-18(29)5-6-22;/h3-4,7-12H,5H2,1-2H3,(H,26,30)(H,27,29);1H2/t12-;/m1./s1. The first kappa shape index (κ1) is 26.8. The quantitative estimate of drug-likeness (QED) is 0.478. The molecule has 3 rings (SSSR count). The summed E-state index contributed by atoms with van der Waals surface area (Å²) in [5.74, 6) is -0.260. The van der Waals surface area contributed by atoms with Crippen molar-refractivity contribution in [3.8, 4) is 11.9 Å². The predicted octanol–water partition coefficient (Wildman–Crippen LogP) is 2.18. The molecule has 0 saturated carbocycles. The third kappa shape index (κ3) is 6.53. The smallest absolute Gasteiger partial charge is 0.251 e. The number of carbonyl (C=O) groups is 2. The molecule has 0 fully saturated rings. The summed E-state index contributed by atoms with van der Waals surface area (Å²) in [6.07, 6.45) is 3.45. The van der Waals surface area contributed by atoms with Crippen LogP contribution in [0.4, 0.5) is 5.69 Å². The number of rotatable bonds is 7. The van der Waals surface area contributed by atoms with Crippen molar-refractivity contribution in [2.75, 3.05) is 11.6 Å². The molecular formula is C20H20ClN7O4S2. The van der Waals surface area contributed by atoms with Gasteiger partial charge in [0.1, 0.15) is 12.7 Å². The second-order valence-corrected chi connectivity index (χ2v) is 9.41. The minimum absolute atomic E-state index is 0. The largest absolute Gasteiger partial charge is 0.342 e. The van der Waals surface area contributed by atoms with Gasteiger partial charge in [0.05, 0.1) is 28.9 Å². The second-order valence-electron chi connectivity index (χ2n) is 6.96. The van der Waals surface area contributed by atoms with Gasteiger partial charge in [0, 0.05) is 16.8 Å². The van der Waals surface area contributed by atoms with Crippen LogP contribution in [-0.2, 0) is 14.6 Å². The van der Waals surface area contributed by atoms with E-state index in [0.29, 0.717) is 17.3 Å². The van der Waals surface area contributed by atoms with Gasteiger partial charge in [-0.3, -0.25) is 9.59 Å². The first-order valence-corrected chi connectivity index (χ1v) is 11.7. The Morgan fingerprint density at radius 1 is 1.24 bits per heavy atom. The normalized spacial score (nSPS) is 11.6. The predicted molar refractivity (Wildman–Crippen MR) is 129 cm³/mol. The number of anilines is 1. The molecule has 0 aliphatic rings. The number of hydrogen-bond donors (Lipinski definition) is 2. The Morgan fingerprint density at radius 3 is 2.59 bits per heavy atom. The number of halogens is 1. The van der Waals surface area contributed by atoms with Crippen molar-refractivity contribution >= 4 is 52.4 Å². The van der Waals surface area contributed by atoms with Gasteiger partial charge in [-0.05, 0) is 37.3 Å². The van der Waals surface area contributed by atoms with Crippen molar-refractivity contribution in [1.82, 2.24) is 25.1 Å². The van der Waals surface area contributed by atoms with Gasteiger partial charge in [-0.15, -0.1) is 0 Å². The van der Waals surface area contributed by atoms with Gasteiger partial charge in [0.15, 0.2) is 21.5 Å². The number of carbonyl (C=O) groups excluding carboxylic acids is 2. The van der Waals surface area contributed by atoms with E-state index in [4.69, 9.17) is 16.9 Å².